The summed E-state index contributed by atoms with van der Waals surface area (Å²) in [6, 6.07) is 11.8. The van der Waals surface area contributed by atoms with E-state index in [1.807, 2.05) is 60.8 Å². The maximum absolute atomic E-state index is 11.2. The first-order valence-corrected chi connectivity index (χ1v) is 6.81. The maximum Gasteiger partial charge on any atom is 0.309 e. The van der Waals surface area contributed by atoms with Crippen molar-refractivity contribution in [2.24, 2.45) is 0 Å². The quantitative estimate of drug-likeness (QED) is 0.801. The largest absolute Gasteiger partial charge is 0.481 e. The van der Waals surface area contributed by atoms with Crippen LogP contribution in [0.25, 0.3) is 16.9 Å². The second kappa shape index (κ2) is 5.05. The van der Waals surface area contributed by atoms with Crippen LogP contribution in [0, 0.1) is 13.8 Å². The van der Waals surface area contributed by atoms with Crippen molar-refractivity contribution in [1.82, 2.24) is 9.38 Å². The molecule has 2 aromatic heterocycles. The van der Waals surface area contributed by atoms with E-state index in [-0.39, 0.29) is 6.42 Å². The van der Waals surface area contributed by atoms with Crippen LogP contribution < -0.4 is 0 Å². The molecule has 0 radical (unpaired) electrons. The van der Waals surface area contributed by atoms with E-state index < -0.39 is 5.97 Å². The highest BCUT2D eigenvalue weighted by molar-refractivity contribution is 5.77. The fraction of sp³-hybridized carbons (Fsp3) is 0.176. The van der Waals surface area contributed by atoms with Crippen LogP contribution >= 0.6 is 0 Å². The van der Waals surface area contributed by atoms with Crippen molar-refractivity contribution in [2.75, 3.05) is 0 Å². The first kappa shape index (κ1) is 13.4. The van der Waals surface area contributed by atoms with Gasteiger partial charge in [0.05, 0.1) is 17.8 Å². The molecular formula is C17H16N2O2. The van der Waals surface area contributed by atoms with E-state index in [1.54, 1.807) is 0 Å². The Morgan fingerprint density at radius 2 is 1.95 bits per heavy atom. The van der Waals surface area contributed by atoms with Gasteiger partial charge in [0.1, 0.15) is 5.65 Å². The van der Waals surface area contributed by atoms with Crippen molar-refractivity contribution in [3.8, 4) is 11.3 Å². The Kier molecular flexibility index (Phi) is 3.22. The van der Waals surface area contributed by atoms with Gasteiger partial charge in [0.2, 0.25) is 0 Å². The van der Waals surface area contributed by atoms with Gasteiger partial charge in [0, 0.05) is 11.8 Å². The number of hydrogen-bond donors (Lipinski definition) is 1. The molecule has 0 aliphatic carbocycles. The second-order valence-corrected chi connectivity index (χ2v) is 5.23. The number of benzene rings is 1. The molecule has 0 unspecified atom stereocenters. The summed E-state index contributed by atoms with van der Waals surface area (Å²) in [6.07, 6.45) is 1.89. The Morgan fingerprint density at radius 1 is 1.19 bits per heavy atom. The van der Waals surface area contributed by atoms with Crippen molar-refractivity contribution in [3.63, 3.8) is 0 Å². The number of rotatable bonds is 3. The van der Waals surface area contributed by atoms with Gasteiger partial charge < -0.3 is 9.51 Å². The zero-order valence-corrected chi connectivity index (χ0v) is 12.0. The van der Waals surface area contributed by atoms with Crippen LogP contribution in [-0.2, 0) is 11.2 Å². The number of pyridine rings is 1. The van der Waals surface area contributed by atoms with Gasteiger partial charge in [-0.3, -0.25) is 4.79 Å². The van der Waals surface area contributed by atoms with Gasteiger partial charge in [0.15, 0.2) is 0 Å². The summed E-state index contributed by atoms with van der Waals surface area (Å²) in [5.41, 5.74) is 5.38. The molecule has 0 bridgehead atoms. The second-order valence-electron chi connectivity index (χ2n) is 5.23. The standard InChI is InChI=1S/C17H16N2O2/c1-11-7-8-15-18-17(13-6-4-3-5-12(13)2)14(9-16(20)21)19(15)10-11/h3-8,10H,9H2,1-2H3,(H,20,21). The Hall–Kier alpha value is -2.62. The molecule has 3 rings (SSSR count). The molecule has 21 heavy (non-hydrogen) atoms. The molecule has 106 valence electrons. The minimum Gasteiger partial charge on any atom is -0.481 e. The fourth-order valence-corrected chi connectivity index (χ4v) is 2.57. The maximum atomic E-state index is 11.2. The highest BCUT2D eigenvalue weighted by Gasteiger charge is 2.17. The number of imidazole rings is 1. The molecular weight excluding hydrogens is 264 g/mol. The number of carboxylic acid groups (broad SMARTS) is 1. The number of fused-ring (bicyclic) bond motifs is 1. The molecule has 1 N–H and O–H groups in total. The molecule has 3 aromatic rings. The van der Waals surface area contributed by atoms with Gasteiger partial charge in [-0.25, -0.2) is 4.98 Å². The third kappa shape index (κ3) is 2.40. The number of carbonyl (C=O) groups is 1. The van der Waals surface area contributed by atoms with Crippen LogP contribution in [-0.4, -0.2) is 20.5 Å². The van der Waals surface area contributed by atoms with E-state index in [0.717, 1.165) is 33.7 Å². The van der Waals surface area contributed by atoms with Gasteiger partial charge in [-0.2, -0.15) is 0 Å². The Bertz CT molecular complexity index is 834. The number of nitrogens with zero attached hydrogens (tertiary/aromatic N) is 2. The molecule has 2 heterocycles. The van der Waals surface area contributed by atoms with Crippen LogP contribution in [0.2, 0.25) is 0 Å². The SMILES string of the molecule is Cc1ccc2nc(-c3ccccc3C)c(CC(=O)O)n2c1. The summed E-state index contributed by atoms with van der Waals surface area (Å²) < 4.78 is 1.88. The molecule has 0 amide bonds. The topological polar surface area (TPSA) is 54.6 Å². The lowest BCUT2D eigenvalue weighted by Gasteiger charge is -2.06. The Labute approximate surface area is 122 Å². The van der Waals surface area contributed by atoms with Crippen molar-refractivity contribution in [3.05, 3.63) is 59.4 Å². The van der Waals surface area contributed by atoms with Crippen LogP contribution in [0.5, 0.6) is 0 Å². The van der Waals surface area contributed by atoms with Crippen molar-refractivity contribution in [1.29, 1.82) is 0 Å². The minimum absolute atomic E-state index is 0.0473. The average molecular weight is 280 g/mol. The molecule has 0 aliphatic heterocycles. The van der Waals surface area contributed by atoms with E-state index in [0.29, 0.717) is 0 Å². The highest BCUT2D eigenvalue weighted by Crippen LogP contribution is 2.27. The summed E-state index contributed by atoms with van der Waals surface area (Å²) in [4.78, 5) is 15.9. The first-order chi connectivity index (χ1) is 10.1. The molecule has 4 nitrogen and oxygen atoms in total. The molecule has 0 atom stereocenters. The number of aryl methyl sites for hydroxylation is 2. The molecule has 0 saturated heterocycles. The predicted molar refractivity (Wildman–Crippen MR) is 81.4 cm³/mol. The third-order valence-corrected chi connectivity index (χ3v) is 3.58. The van der Waals surface area contributed by atoms with Gasteiger partial charge in [0.25, 0.3) is 0 Å². The van der Waals surface area contributed by atoms with Crippen molar-refractivity contribution < 1.29 is 9.90 Å². The Balaban J connectivity index is 2.31. The normalized spacial score (nSPS) is 11.0. The summed E-state index contributed by atoms with van der Waals surface area (Å²) in [5.74, 6) is -0.854. The van der Waals surface area contributed by atoms with E-state index in [4.69, 9.17) is 0 Å². The molecule has 0 aliphatic rings. The van der Waals surface area contributed by atoms with E-state index in [9.17, 15) is 9.90 Å². The molecule has 1 aromatic carbocycles. The zero-order valence-electron chi connectivity index (χ0n) is 12.0. The van der Waals surface area contributed by atoms with Gasteiger partial charge in [-0.05, 0) is 31.0 Å². The lowest BCUT2D eigenvalue weighted by molar-refractivity contribution is -0.136. The van der Waals surface area contributed by atoms with Gasteiger partial charge >= 0.3 is 5.97 Å². The fourth-order valence-electron chi connectivity index (χ4n) is 2.57. The summed E-state index contributed by atoms with van der Waals surface area (Å²) >= 11 is 0. The monoisotopic (exact) mass is 280 g/mol. The lowest BCUT2D eigenvalue weighted by Crippen LogP contribution is -2.05. The molecule has 0 fully saturated rings. The summed E-state index contributed by atoms with van der Waals surface area (Å²) in [6.45, 7) is 3.99. The molecule has 0 spiro atoms. The molecule has 4 heteroatoms. The number of aliphatic carboxylic acids is 1. The van der Waals surface area contributed by atoms with E-state index in [1.165, 1.54) is 0 Å². The van der Waals surface area contributed by atoms with Gasteiger partial charge in [-0.1, -0.05) is 30.3 Å². The highest BCUT2D eigenvalue weighted by atomic mass is 16.4. The van der Waals surface area contributed by atoms with Crippen LogP contribution in [0.15, 0.2) is 42.6 Å². The van der Waals surface area contributed by atoms with E-state index >= 15 is 0 Å². The Morgan fingerprint density at radius 3 is 2.67 bits per heavy atom. The van der Waals surface area contributed by atoms with Crippen LogP contribution in [0.4, 0.5) is 0 Å². The van der Waals surface area contributed by atoms with Crippen molar-refractivity contribution in [2.45, 2.75) is 20.3 Å². The number of aromatic nitrogens is 2. The average Bonchev–Trinajstić information content (AvgIpc) is 2.77. The van der Waals surface area contributed by atoms with E-state index in [2.05, 4.69) is 4.98 Å². The summed E-state index contributed by atoms with van der Waals surface area (Å²) in [7, 11) is 0. The van der Waals surface area contributed by atoms with Gasteiger partial charge in [-0.15, -0.1) is 0 Å². The first-order valence-electron chi connectivity index (χ1n) is 6.81. The number of carboxylic acids is 1. The third-order valence-electron chi connectivity index (χ3n) is 3.58. The lowest BCUT2D eigenvalue weighted by atomic mass is 10.0. The van der Waals surface area contributed by atoms with Crippen LogP contribution in [0.3, 0.4) is 0 Å². The number of hydrogen-bond acceptors (Lipinski definition) is 2. The van der Waals surface area contributed by atoms with Crippen LogP contribution in [0.1, 0.15) is 16.8 Å². The predicted octanol–water partition coefficient (Wildman–Crippen LogP) is 3.25. The molecule has 0 saturated carbocycles. The smallest absolute Gasteiger partial charge is 0.309 e. The minimum atomic E-state index is -0.854. The zero-order chi connectivity index (χ0) is 15.0. The summed E-state index contributed by atoms with van der Waals surface area (Å²) in [5, 5.41) is 9.21. The van der Waals surface area contributed by atoms with Crippen molar-refractivity contribution >= 4 is 11.6 Å².